The standard InChI is InChI=1S/C23H13Br3ClNO3/c24-15-5-3-4-13(8-15)12-30-21-17(25)9-14(10-18(21)26)11-20-23(29)31-22(28-20)16-6-1-2-7-19(16)27/h1-11H,12H2/b20-11-. The van der Waals surface area contributed by atoms with Crippen LogP contribution in [0, 0.1) is 0 Å². The van der Waals surface area contributed by atoms with Gasteiger partial charge in [0.1, 0.15) is 12.4 Å². The van der Waals surface area contributed by atoms with Gasteiger partial charge in [-0.05, 0) is 85.5 Å². The van der Waals surface area contributed by atoms with E-state index in [-0.39, 0.29) is 11.6 Å². The fourth-order valence-corrected chi connectivity index (χ4v) is 5.01. The number of nitrogens with zero attached hydrogens (tertiary/aromatic N) is 1. The van der Waals surface area contributed by atoms with Gasteiger partial charge in [0.15, 0.2) is 5.70 Å². The number of halogens is 4. The number of rotatable bonds is 5. The minimum absolute atomic E-state index is 0.189. The Hall–Kier alpha value is -1.93. The van der Waals surface area contributed by atoms with E-state index < -0.39 is 5.97 Å². The molecule has 31 heavy (non-hydrogen) atoms. The van der Waals surface area contributed by atoms with Gasteiger partial charge in [0.05, 0.1) is 19.5 Å². The van der Waals surface area contributed by atoms with E-state index in [0.29, 0.717) is 22.9 Å². The number of cyclic esters (lactones) is 1. The van der Waals surface area contributed by atoms with Gasteiger partial charge in [-0.3, -0.25) is 0 Å². The Morgan fingerprint density at radius 2 is 1.74 bits per heavy atom. The molecule has 4 nitrogen and oxygen atoms in total. The summed E-state index contributed by atoms with van der Waals surface area (Å²) in [5, 5.41) is 0.465. The Labute approximate surface area is 209 Å². The summed E-state index contributed by atoms with van der Waals surface area (Å²) in [7, 11) is 0. The van der Waals surface area contributed by atoms with Crippen molar-refractivity contribution in [3.05, 3.63) is 101 Å². The van der Waals surface area contributed by atoms with Crippen LogP contribution in [0.15, 0.2) is 84.8 Å². The number of aliphatic imine (C=N–C) groups is 1. The molecule has 8 heteroatoms. The molecule has 1 aliphatic rings. The van der Waals surface area contributed by atoms with Gasteiger partial charge in [-0.1, -0.05) is 51.8 Å². The third kappa shape index (κ3) is 5.29. The van der Waals surface area contributed by atoms with E-state index in [4.69, 9.17) is 21.1 Å². The lowest BCUT2D eigenvalue weighted by Crippen LogP contribution is -2.05. The quantitative estimate of drug-likeness (QED) is 0.217. The van der Waals surface area contributed by atoms with Gasteiger partial charge in [-0.2, -0.15) is 0 Å². The first-order chi connectivity index (χ1) is 14.9. The average molecular weight is 627 g/mol. The van der Waals surface area contributed by atoms with Crippen molar-refractivity contribution in [3.63, 3.8) is 0 Å². The van der Waals surface area contributed by atoms with Gasteiger partial charge < -0.3 is 9.47 Å². The van der Waals surface area contributed by atoms with E-state index in [1.807, 2.05) is 36.4 Å². The highest BCUT2D eigenvalue weighted by atomic mass is 79.9. The number of ether oxygens (including phenoxy) is 2. The van der Waals surface area contributed by atoms with Gasteiger partial charge in [-0.25, -0.2) is 9.79 Å². The zero-order chi connectivity index (χ0) is 22.0. The highest BCUT2D eigenvalue weighted by molar-refractivity contribution is 9.11. The first kappa shape index (κ1) is 22.3. The molecule has 0 saturated carbocycles. The van der Waals surface area contributed by atoms with Crippen LogP contribution < -0.4 is 4.74 Å². The summed E-state index contributed by atoms with van der Waals surface area (Å²) in [4.78, 5) is 16.6. The van der Waals surface area contributed by atoms with Crippen LogP contribution in [0.1, 0.15) is 16.7 Å². The molecular formula is C23H13Br3ClNO3. The number of esters is 1. The van der Waals surface area contributed by atoms with Crippen LogP contribution in [0.5, 0.6) is 5.75 Å². The van der Waals surface area contributed by atoms with Crippen LogP contribution in [0.3, 0.4) is 0 Å². The maximum atomic E-state index is 12.3. The molecule has 0 atom stereocenters. The van der Waals surface area contributed by atoms with Crippen molar-refractivity contribution < 1.29 is 14.3 Å². The van der Waals surface area contributed by atoms with Crippen molar-refractivity contribution >= 4 is 77.3 Å². The zero-order valence-electron chi connectivity index (χ0n) is 15.7. The Morgan fingerprint density at radius 3 is 2.45 bits per heavy atom. The molecule has 4 rings (SSSR count). The Balaban J connectivity index is 1.57. The van der Waals surface area contributed by atoms with E-state index in [9.17, 15) is 4.79 Å². The molecule has 0 aliphatic carbocycles. The molecule has 1 heterocycles. The number of hydrogen-bond donors (Lipinski definition) is 0. The summed E-state index contributed by atoms with van der Waals surface area (Å²) in [6.07, 6.45) is 1.65. The predicted molar refractivity (Wildman–Crippen MR) is 132 cm³/mol. The molecule has 1 aliphatic heterocycles. The van der Waals surface area contributed by atoms with Gasteiger partial charge in [0.25, 0.3) is 0 Å². The second-order valence-corrected chi connectivity index (χ2v) is 9.58. The van der Waals surface area contributed by atoms with Crippen molar-refractivity contribution in [2.45, 2.75) is 6.61 Å². The second kappa shape index (κ2) is 9.69. The molecule has 0 saturated heterocycles. The molecule has 0 aromatic heterocycles. The average Bonchev–Trinajstić information content (AvgIpc) is 3.08. The Kier molecular flexibility index (Phi) is 6.96. The molecule has 3 aromatic rings. The summed E-state index contributed by atoms with van der Waals surface area (Å²) in [5.41, 5.74) is 2.55. The lowest BCUT2D eigenvalue weighted by atomic mass is 10.2. The molecule has 0 radical (unpaired) electrons. The Bertz CT molecular complexity index is 1220. The lowest BCUT2D eigenvalue weighted by Gasteiger charge is -2.12. The summed E-state index contributed by atoms with van der Waals surface area (Å²) in [6, 6.07) is 18.7. The van der Waals surface area contributed by atoms with E-state index in [2.05, 4.69) is 52.8 Å². The van der Waals surface area contributed by atoms with Crippen LogP contribution in [0.4, 0.5) is 0 Å². The summed E-state index contributed by atoms with van der Waals surface area (Å²) in [5.74, 6) is 0.322. The van der Waals surface area contributed by atoms with E-state index >= 15 is 0 Å². The minimum Gasteiger partial charge on any atom is -0.487 e. The monoisotopic (exact) mass is 623 g/mol. The van der Waals surface area contributed by atoms with Crippen molar-refractivity contribution in [3.8, 4) is 5.75 Å². The molecular weight excluding hydrogens is 613 g/mol. The van der Waals surface area contributed by atoms with Crippen LogP contribution in [-0.4, -0.2) is 11.9 Å². The molecule has 0 unspecified atom stereocenters. The molecule has 0 spiro atoms. The van der Waals surface area contributed by atoms with Gasteiger partial charge in [0, 0.05) is 4.47 Å². The smallest absolute Gasteiger partial charge is 0.363 e. The summed E-state index contributed by atoms with van der Waals surface area (Å²) >= 11 is 16.7. The second-order valence-electron chi connectivity index (χ2n) is 6.55. The van der Waals surface area contributed by atoms with Crippen LogP contribution >= 0.6 is 59.4 Å². The van der Waals surface area contributed by atoms with Crippen LogP contribution in [-0.2, 0) is 16.1 Å². The number of benzene rings is 3. The van der Waals surface area contributed by atoms with E-state index in [1.165, 1.54) is 0 Å². The highest BCUT2D eigenvalue weighted by Gasteiger charge is 2.25. The van der Waals surface area contributed by atoms with Crippen molar-refractivity contribution in [2.24, 2.45) is 4.99 Å². The topological polar surface area (TPSA) is 47.9 Å². The summed E-state index contributed by atoms with van der Waals surface area (Å²) in [6.45, 7) is 0.412. The SMILES string of the molecule is O=C1OC(c2ccccc2Cl)=N/C1=C\c1cc(Br)c(OCc2cccc(Br)c2)c(Br)c1. The lowest BCUT2D eigenvalue weighted by molar-refractivity contribution is -0.129. The number of hydrogen-bond acceptors (Lipinski definition) is 4. The molecule has 0 N–H and O–H groups in total. The molecule has 0 fully saturated rings. The predicted octanol–water partition coefficient (Wildman–Crippen LogP) is 7.55. The minimum atomic E-state index is -0.530. The van der Waals surface area contributed by atoms with Gasteiger partial charge in [0.2, 0.25) is 5.90 Å². The zero-order valence-corrected chi connectivity index (χ0v) is 21.3. The number of carbonyl (C=O) groups is 1. The van der Waals surface area contributed by atoms with Crippen molar-refractivity contribution in [1.82, 2.24) is 0 Å². The Morgan fingerprint density at radius 1 is 1.00 bits per heavy atom. The highest BCUT2D eigenvalue weighted by Crippen LogP contribution is 2.36. The maximum Gasteiger partial charge on any atom is 0.363 e. The fourth-order valence-electron chi connectivity index (χ4n) is 2.90. The molecule has 0 amide bonds. The van der Waals surface area contributed by atoms with Crippen LogP contribution in [0.25, 0.3) is 6.08 Å². The largest absolute Gasteiger partial charge is 0.487 e. The van der Waals surface area contributed by atoms with Gasteiger partial charge in [-0.15, -0.1) is 0 Å². The van der Waals surface area contributed by atoms with Crippen molar-refractivity contribution in [2.75, 3.05) is 0 Å². The van der Waals surface area contributed by atoms with Gasteiger partial charge >= 0.3 is 5.97 Å². The third-order valence-electron chi connectivity index (χ3n) is 4.32. The third-order valence-corrected chi connectivity index (χ3v) is 6.32. The molecule has 3 aromatic carbocycles. The first-order valence-corrected chi connectivity index (χ1v) is 11.8. The molecule has 0 bridgehead atoms. The van der Waals surface area contributed by atoms with Crippen LogP contribution in [0.2, 0.25) is 5.02 Å². The normalized spacial score (nSPS) is 14.5. The van der Waals surface area contributed by atoms with E-state index in [1.54, 1.807) is 30.3 Å². The first-order valence-electron chi connectivity index (χ1n) is 9.04. The maximum absolute atomic E-state index is 12.3. The molecule has 156 valence electrons. The number of carbonyl (C=O) groups excluding carboxylic acids is 1. The van der Waals surface area contributed by atoms with Crippen molar-refractivity contribution in [1.29, 1.82) is 0 Å². The van der Waals surface area contributed by atoms with E-state index in [0.717, 1.165) is 24.5 Å². The summed E-state index contributed by atoms with van der Waals surface area (Å²) < 4.78 is 13.8. The fraction of sp³-hybridized carbons (Fsp3) is 0.0435.